The van der Waals surface area contributed by atoms with Gasteiger partial charge in [-0.15, -0.1) is 12.6 Å². The maximum Gasteiger partial charge on any atom is 0.416 e. The standard InChI is InChI=1S/C7H4F3NO2S.5FH/c8-7(9,10)4-1-5(11(12)13)3-6(14)2-4;;;;;/h1-3,14H;5*1H. The second kappa shape index (κ2) is 10.3. The van der Waals surface area contributed by atoms with E-state index in [1.165, 1.54) is 0 Å². The molecule has 0 aliphatic rings. The number of thiol groups is 1. The molecule has 0 saturated heterocycles. The molecule has 1 aromatic carbocycles. The van der Waals surface area contributed by atoms with E-state index >= 15 is 0 Å². The second-order valence-corrected chi connectivity index (χ2v) is 3.01. The third-order valence-corrected chi connectivity index (χ3v) is 1.70. The molecule has 116 valence electrons. The first kappa shape index (κ1) is 30.4. The Bertz CT molecular complexity index is 386. The normalized spacial score (nSPS) is 8.42. The number of benzene rings is 1. The average molecular weight is 323 g/mol. The van der Waals surface area contributed by atoms with Crippen LogP contribution in [0.2, 0.25) is 0 Å². The molecule has 0 unspecified atom stereocenters. The molecule has 0 aliphatic carbocycles. The number of nitro benzene ring substituents is 1. The SMILES string of the molecule is F.F.F.F.F.O=[N+]([O-])c1cc(S)cc(C(F)(F)F)c1. The summed E-state index contributed by atoms with van der Waals surface area (Å²) in [4.78, 5) is 9.25. The van der Waals surface area contributed by atoms with Crippen molar-refractivity contribution in [2.75, 3.05) is 0 Å². The van der Waals surface area contributed by atoms with Crippen molar-refractivity contribution < 1.29 is 41.6 Å². The fourth-order valence-electron chi connectivity index (χ4n) is 0.864. The third-order valence-electron chi connectivity index (χ3n) is 1.44. The van der Waals surface area contributed by atoms with Crippen molar-refractivity contribution in [2.24, 2.45) is 0 Å². The first-order chi connectivity index (χ1) is 6.30. The monoisotopic (exact) mass is 323 g/mol. The van der Waals surface area contributed by atoms with E-state index in [1.807, 2.05) is 0 Å². The lowest BCUT2D eigenvalue weighted by Crippen LogP contribution is -2.05. The summed E-state index contributed by atoms with van der Waals surface area (Å²) in [5.41, 5.74) is -1.69. The molecule has 19 heavy (non-hydrogen) atoms. The lowest BCUT2D eigenvalue weighted by molar-refractivity contribution is -0.385. The molecule has 0 amide bonds. The number of hydrogen-bond acceptors (Lipinski definition) is 3. The summed E-state index contributed by atoms with van der Waals surface area (Å²) in [6.45, 7) is 0. The Morgan fingerprint density at radius 3 is 1.74 bits per heavy atom. The van der Waals surface area contributed by atoms with Crippen LogP contribution in [0.5, 0.6) is 0 Å². The highest BCUT2D eigenvalue weighted by Gasteiger charge is 2.32. The maximum atomic E-state index is 12.2. The lowest BCUT2D eigenvalue weighted by atomic mass is 10.2. The number of nitro groups is 1. The summed E-state index contributed by atoms with van der Waals surface area (Å²) >= 11 is 3.65. The Kier molecular flexibility index (Phi) is 16.6. The summed E-state index contributed by atoms with van der Waals surface area (Å²) in [7, 11) is 0. The molecule has 0 fully saturated rings. The van der Waals surface area contributed by atoms with Crippen LogP contribution >= 0.6 is 12.6 Å². The fraction of sp³-hybridized carbons (Fsp3) is 0.143. The highest BCUT2D eigenvalue weighted by atomic mass is 32.1. The van der Waals surface area contributed by atoms with Crippen molar-refractivity contribution in [3.63, 3.8) is 0 Å². The van der Waals surface area contributed by atoms with Crippen molar-refractivity contribution in [2.45, 2.75) is 11.1 Å². The molecule has 0 atom stereocenters. The summed E-state index contributed by atoms with van der Waals surface area (Å²) < 4.78 is 36.5. The molecule has 0 aliphatic heterocycles. The molecule has 1 aromatic rings. The third kappa shape index (κ3) is 8.18. The maximum absolute atomic E-state index is 12.2. The molecule has 12 heteroatoms. The van der Waals surface area contributed by atoms with Crippen LogP contribution in [0, 0.1) is 10.1 Å². The van der Waals surface area contributed by atoms with Crippen LogP contribution in [-0.2, 0) is 6.18 Å². The Morgan fingerprint density at radius 2 is 1.42 bits per heavy atom. The van der Waals surface area contributed by atoms with Crippen LogP contribution in [0.25, 0.3) is 0 Å². The second-order valence-electron chi connectivity index (χ2n) is 2.49. The minimum atomic E-state index is -4.59. The van der Waals surface area contributed by atoms with Gasteiger partial charge < -0.3 is 0 Å². The molecular weight excluding hydrogens is 314 g/mol. The van der Waals surface area contributed by atoms with Gasteiger partial charge in [0.1, 0.15) is 0 Å². The van der Waals surface area contributed by atoms with Crippen LogP contribution in [-0.4, -0.2) is 4.92 Å². The Morgan fingerprint density at radius 1 is 1.00 bits per heavy atom. The van der Waals surface area contributed by atoms with E-state index in [0.717, 1.165) is 12.1 Å². The van der Waals surface area contributed by atoms with Crippen molar-refractivity contribution >= 4 is 18.3 Å². The first-order valence-corrected chi connectivity index (χ1v) is 3.81. The van der Waals surface area contributed by atoms with Gasteiger partial charge in [0.05, 0.1) is 10.5 Å². The predicted molar refractivity (Wildman–Crippen MR) is 57.9 cm³/mol. The zero-order valence-corrected chi connectivity index (χ0v) is 9.51. The van der Waals surface area contributed by atoms with E-state index < -0.39 is 22.4 Å². The van der Waals surface area contributed by atoms with Gasteiger partial charge in [-0.2, -0.15) is 13.2 Å². The minimum absolute atomic E-state index is 0. The molecule has 0 saturated carbocycles. The van der Waals surface area contributed by atoms with E-state index in [-0.39, 0.29) is 28.4 Å². The Balaban J connectivity index is -0.000000131. The van der Waals surface area contributed by atoms with Gasteiger partial charge in [-0.3, -0.25) is 33.6 Å². The molecule has 0 spiro atoms. The highest BCUT2D eigenvalue weighted by molar-refractivity contribution is 7.80. The molecule has 0 aromatic heterocycles. The van der Waals surface area contributed by atoms with Gasteiger partial charge in [-0.25, -0.2) is 0 Å². The number of hydrogen-bond donors (Lipinski definition) is 1. The molecule has 0 heterocycles. The highest BCUT2D eigenvalue weighted by Crippen LogP contribution is 2.33. The summed E-state index contributed by atoms with van der Waals surface area (Å²) in [6.07, 6.45) is -4.59. The molecule has 0 radical (unpaired) electrons. The molecule has 3 nitrogen and oxygen atoms in total. The van der Waals surface area contributed by atoms with E-state index in [4.69, 9.17) is 0 Å². The van der Waals surface area contributed by atoms with E-state index in [1.54, 1.807) is 0 Å². The topological polar surface area (TPSA) is 43.1 Å². The summed E-state index contributed by atoms with van der Waals surface area (Å²) in [5.74, 6) is 0. The molecular formula is C7H9F8NO2S. The zero-order valence-electron chi connectivity index (χ0n) is 8.62. The Labute approximate surface area is 106 Å². The van der Waals surface area contributed by atoms with E-state index in [2.05, 4.69) is 12.6 Å². The molecule has 1 rings (SSSR count). The van der Waals surface area contributed by atoms with Crippen LogP contribution in [0.4, 0.5) is 42.4 Å². The first-order valence-electron chi connectivity index (χ1n) is 3.36. The largest absolute Gasteiger partial charge is 0.416 e. The van der Waals surface area contributed by atoms with Crippen molar-refractivity contribution in [1.29, 1.82) is 0 Å². The molecule has 0 bridgehead atoms. The predicted octanol–water partition coefficient (Wildman–Crippen LogP) is 3.66. The zero-order chi connectivity index (χ0) is 10.9. The van der Waals surface area contributed by atoms with Crippen molar-refractivity contribution in [3.8, 4) is 0 Å². The number of non-ortho nitro benzene ring substituents is 1. The Hall–Kier alpha value is -1.59. The van der Waals surface area contributed by atoms with Crippen molar-refractivity contribution in [3.05, 3.63) is 33.9 Å². The molecule has 0 N–H and O–H groups in total. The van der Waals surface area contributed by atoms with E-state index in [0.29, 0.717) is 6.07 Å². The summed E-state index contributed by atoms with van der Waals surface area (Å²) in [5, 5.41) is 10.2. The van der Waals surface area contributed by atoms with Crippen LogP contribution in [0.3, 0.4) is 0 Å². The fourth-order valence-corrected chi connectivity index (χ4v) is 1.14. The van der Waals surface area contributed by atoms with Crippen LogP contribution < -0.4 is 0 Å². The van der Waals surface area contributed by atoms with Gasteiger partial charge >= 0.3 is 6.18 Å². The van der Waals surface area contributed by atoms with E-state index in [9.17, 15) is 23.3 Å². The minimum Gasteiger partial charge on any atom is -0.269 e. The number of rotatable bonds is 1. The van der Waals surface area contributed by atoms with Gasteiger partial charge in [0.25, 0.3) is 5.69 Å². The smallest absolute Gasteiger partial charge is 0.269 e. The summed E-state index contributed by atoms with van der Waals surface area (Å²) in [6, 6.07) is 2.16. The van der Waals surface area contributed by atoms with Crippen molar-refractivity contribution in [1.82, 2.24) is 0 Å². The number of nitrogens with zero attached hydrogens (tertiary/aromatic N) is 1. The van der Waals surface area contributed by atoms with Gasteiger partial charge in [0.15, 0.2) is 0 Å². The number of halogens is 8. The van der Waals surface area contributed by atoms with Crippen LogP contribution in [0.15, 0.2) is 23.1 Å². The number of alkyl halides is 3. The van der Waals surface area contributed by atoms with Gasteiger partial charge in [0, 0.05) is 17.0 Å². The van der Waals surface area contributed by atoms with Crippen LogP contribution in [0.1, 0.15) is 5.56 Å². The van der Waals surface area contributed by atoms with Gasteiger partial charge in [-0.05, 0) is 6.07 Å². The van der Waals surface area contributed by atoms with Gasteiger partial charge in [-0.1, -0.05) is 0 Å². The lowest BCUT2D eigenvalue weighted by Gasteiger charge is -2.06. The average Bonchev–Trinajstić information content (AvgIpc) is 2.01. The van der Waals surface area contributed by atoms with Gasteiger partial charge in [0.2, 0.25) is 0 Å². The quantitative estimate of drug-likeness (QED) is 0.371.